The first kappa shape index (κ1) is 23.5. The predicted molar refractivity (Wildman–Crippen MR) is 99.0 cm³/mol. The molecule has 0 unspecified atom stereocenters. The summed E-state index contributed by atoms with van der Waals surface area (Å²) in [5.41, 5.74) is 7.37. The zero-order valence-electron chi connectivity index (χ0n) is 13.9. The van der Waals surface area contributed by atoms with E-state index in [9.17, 15) is 4.79 Å². The van der Waals surface area contributed by atoms with Crippen molar-refractivity contribution in [3.63, 3.8) is 0 Å². The van der Waals surface area contributed by atoms with Gasteiger partial charge in [-0.15, -0.1) is 24.8 Å². The number of nitrogens with one attached hydrogen (secondary N) is 1. The third-order valence-corrected chi connectivity index (χ3v) is 3.91. The Hall–Kier alpha value is -0.810. The predicted octanol–water partition coefficient (Wildman–Crippen LogP) is 3.30. The first-order valence-corrected chi connectivity index (χ1v) is 7.22. The van der Waals surface area contributed by atoms with Gasteiger partial charge >= 0.3 is 0 Å². The van der Waals surface area contributed by atoms with Crippen LogP contribution >= 0.6 is 24.8 Å². The van der Waals surface area contributed by atoms with Crippen molar-refractivity contribution >= 4 is 36.4 Å². The molecule has 0 heterocycles. The van der Waals surface area contributed by atoms with E-state index < -0.39 is 5.41 Å². The van der Waals surface area contributed by atoms with Crippen LogP contribution in [0.5, 0.6) is 0 Å². The summed E-state index contributed by atoms with van der Waals surface area (Å²) in [4.78, 5) is 14.6. The van der Waals surface area contributed by atoms with Crippen LogP contribution in [0.1, 0.15) is 32.3 Å². The van der Waals surface area contributed by atoms with Crippen LogP contribution in [0, 0.1) is 5.41 Å². The Morgan fingerprint density at radius 2 is 1.82 bits per heavy atom. The fourth-order valence-corrected chi connectivity index (χ4v) is 2.33. The summed E-state index contributed by atoms with van der Waals surface area (Å²) >= 11 is 0. The highest BCUT2D eigenvalue weighted by Crippen LogP contribution is 2.27. The number of amides is 1. The lowest BCUT2D eigenvalue weighted by molar-refractivity contribution is -0.125. The molecule has 0 aliphatic heterocycles. The molecular formula is C16H29Cl2N3O. The van der Waals surface area contributed by atoms with Gasteiger partial charge in [0, 0.05) is 18.8 Å². The molecule has 1 aromatic rings. The standard InChI is InChI=1S/C16H27N3O.2ClH/c1-5-16(6-2,12-17)15(20)18-14-9-7-8-13(10-14)11-19(3)4;;/h7-10H,5-6,11-12,17H2,1-4H3,(H,18,20);2*1H. The molecule has 0 radical (unpaired) electrons. The minimum atomic E-state index is -0.461. The number of anilines is 1. The van der Waals surface area contributed by atoms with Crippen molar-refractivity contribution in [2.45, 2.75) is 33.2 Å². The van der Waals surface area contributed by atoms with E-state index in [0.29, 0.717) is 6.54 Å². The minimum absolute atomic E-state index is 0. The smallest absolute Gasteiger partial charge is 0.231 e. The molecule has 0 aromatic heterocycles. The molecule has 0 bridgehead atoms. The van der Waals surface area contributed by atoms with Crippen molar-refractivity contribution in [2.75, 3.05) is 26.0 Å². The first-order valence-electron chi connectivity index (χ1n) is 7.22. The van der Waals surface area contributed by atoms with Crippen LogP contribution in [-0.4, -0.2) is 31.4 Å². The fraction of sp³-hybridized carbons (Fsp3) is 0.562. The van der Waals surface area contributed by atoms with Gasteiger partial charge in [-0.25, -0.2) is 0 Å². The van der Waals surface area contributed by atoms with Crippen LogP contribution in [0.4, 0.5) is 5.69 Å². The zero-order chi connectivity index (χ0) is 15.2. The van der Waals surface area contributed by atoms with Crippen molar-refractivity contribution in [3.8, 4) is 0 Å². The molecular weight excluding hydrogens is 321 g/mol. The first-order chi connectivity index (χ1) is 9.47. The number of rotatable bonds is 7. The normalized spacial score (nSPS) is 10.6. The average Bonchev–Trinajstić information content (AvgIpc) is 2.41. The van der Waals surface area contributed by atoms with E-state index in [-0.39, 0.29) is 30.7 Å². The van der Waals surface area contributed by atoms with Crippen molar-refractivity contribution in [2.24, 2.45) is 11.1 Å². The lowest BCUT2D eigenvalue weighted by Gasteiger charge is -2.28. The monoisotopic (exact) mass is 349 g/mol. The van der Waals surface area contributed by atoms with Gasteiger partial charge < -0.3 is 16.0 Å². The second-order valence-electron chi connectivity index (χ2n) is 5.58. The van der Waals surface area contributed by atoms with Crippen LogP contribution in [0.3, 0.4) is 0 Å². The lowest BCUT2D eigenvalue weighted by Crippen LogP contribution is -2.41. The molecule has 4 nitrogen and oxygen atoms in total. The maximum Gasteiger partial charge on any atom is 0.231 e. The van der Waals surface area contributed by atoms with Gasteiger partial charge in [0.05, 0.1) is 5.41 Å². The number of hydrogen-bond acceptors (Lipinski definition) is 3. The molecule has 0 aliphatic carbocycles. The van der Waals surface area contributed by atoms with E-state index in [0.717, 1.165) is 25.1 Å². The Balaban J connectivity index is 0. The van der Waals surface area contributed by atoms with Gasteiger partial charge in [-0.1, -0.05) is 26.0 Å². The molecule has 3 N–H and O–H groups in total. The van der Waals surface area contributed by atoms with E-state index in [4.69, 9.17) is 5.73 Å². The summed E-state index contributed by atoms with van der Waals surface area (Å²) in [7, 11) is 4.05. The Bertz CT molecular complexity index is 441. The number of nitrogens with two attached hydrogens (primary N) is 1. The number of nitrogens with zero attached hydrogens (tertiary/aromatic N) is 1. The van der Waals surface area contributed by atoms with Crippen LogP contribution in [0.25, 0.3) is 0 Å². The van der Waals surface area contributed by atoms with Gasteiger partial charge in [-0.05, 0) is 44.6 Å². The quantitative estimate of drug-likeness (QED) is 0.793. The van der Waals surface area contributed by atoms with Crippen molar-refractivity contribution < 1.29 is 4.79 Å². The molecule has 128 valence electrons. The lowest BCUT2D eigenvalue weighted by atomic mass is 9.81. The van der Waals surface area contributed by atoms with Crippen molar-refractivity contribution in [1.82, 2.24) is 4.90 Å². The molecule has 0 atom stereocenters. The number of carbonyl (C=O) groups excluding carboxylic acids is 1. The molecule has 1 aromatic carbocycles. The summed E-state index contributed by atoms with van der Waals surface area (Å²) < 4.78 is 0. The van der Waals surface area contributed by atoms with Gasteiger partial charge in [0.2, 0.25) is 5.91 Å². The van der Waals surface area contributed by atoms with E-state index in [1.54, 1.807) is 0 Å². The Morgan fingerprint density at radius 3 is 2.27 bits per heavy atom. The highest BCUT2D eigenvalue weighted by Gasteiger charge is 2.33. The Morgan fingerprint density at radius 1 is 1.23 bits per heavy atom. The molecule has 0 fully saturated rings. The number of benzene rings is 1. The molecule has 1 amide bonds. The Labute approximate surface area is 146 Å². The van der Waals surface area contributed by atoms with Gasteiger partial charge in [-0.2, -0.15) is 0 Å². The van der Waals surface area contributed by atoms with E-state index in [2.05, 4.69) is 16.3 Å². The van der Waals surface area contributed by atoms with E-state index >= 15 is 0 Å². The van der Waals surface area contributed by atoms with Crippen LogP contribution in [0.2, 0.25) is 0 Å². The van der Waals surface area contributed by atoms with Gasteiger partial charge in [0.25, 0.3) is 0 Å². The van der Waals surface area contributed by atoms with E-state index in [1.807, 2.05) is 46.1 Å². The number of halogens is 2. The van der Waals surface area contributed by atoms with Crippen molar-refractivity contribution in [3.05, 3.63) is 29.8 Å². The Kier molecular flexibility index (Phi) is 11.6. The summed E-state index contributed by atoms with van der Waals surface area (Å²) in [5, 5.41) is 3.01. The number of carbonyl (C=O) groups is 1. The highest BCUT2D eigenvalue weighted by molar-refractivity contribution is 5.95. The van der Waals surface area contributed by atoms with Crippen molar-refractivity contribution in [1.29, 1.82) is 0 Å². The molecule has 1 rings (SSSR count). The third kappa shape index (κ3) is 6.13. The van der Waals surface area contributed by atoms with Gasteiger partial charge in [-0.3, -0.25) is 4.79 Å². The molecule has 0 saturated carbocycles. The van der Waals surface area contributed by atoms with Crippen LogP contribution in [-0.2, 0) is 11.3 Å². The molecule has 6 heteroatoms. The summed E-state index contributed by atoms with van der Waals surface area (Å²) in [6.45, 7) is 5.26. The third-order valence-electron chi connectivity index (χ3n) is 3.91. The fourth-order valence-electron chi connectivity index (χ4n) is 2.33. The maximum atomic E-state index is 12.5. The molecule has 0 spiro atoms. The summed E-state index contributed by atoms with van der Waals surface area (Å²) in [6.07, 6.45) is 1.51. The highest BCUT2D eigenvalue weighted by atomic mass is 35.5. The minimum Gasteiger partial charge on any atom is -0.329 e. The second kappa shape index (κ2) is 10.8. The largest absolute Gasteiger partial charge is 0.329 e. The van der Waals surface area contributed by atoms with Crippen LogP contribution in [0.15, 0.2) is 24.3 Å². The zero-order valence-corrected chi connectivity index (χ0v) is 15.5. The number of hydrogen-bond donors (Lipinski definition) is 2. The van der Waals surface area contributed by atoms with Gasteiger partial charge in [0.15, 0.2) is 0 Å². The van der Waals surface area contributed by atoms with E-state index in [1.165, 1.54) is 5.56 Å². The molecule has 22 heavy (non-hydrogen) atoms. The van der Waals surface area contributed by atoms with Gasteiger partial charge in [0.1, 0.15) is 0 Å². The SMILES string of the molecule is CCC(CC)(CN)C(=O)Nc1cccc(CN(C)C)c1.Cl.Cl. The summed E-state index contributed by atoms with van der Waals surface area (Å²) in [5.74, 6) is 0.0204. The molecule has 0 aliphatic rings. The average molecular weight is 350 g/mol. The van der Waals surface area contributed by atoms with Crippen LogP contribution < -0.4 is 11.1 Å². The second-order valence-corrected chi connectivity index (χ2v) is 5.58. The maximum absolute atomic E-state index is 12.5. The summed E-state index contributed by atoms with van der Waals surface area (Å²) in [6, 6.07) is 7.97. The molecule has 0 saturated heterocycles. The topological polar surface area (TPSA) is 58.4 Å².